The quantitative estimate of drug-likeness (QED) is 0.784. The van der Waals surface area contributed by atoms with Gasteiger partial charge in [-0.25, -0.2) is 14.8 Å². The van der Waals surface area contributed by atoms with Crippen molar-refractivity contribution < 1.29 is 9.53 Å². The lowest BCUT2D eigenvalue weighted by Gasteiger charge is -1.97. The molecule has 4 nitrogen and oxygen atoms in total. The maximum Gasteiger partial charge on any atom is 0.348 e. The molecule has 0 spiro atoms. The number of carbonyl (C=O) groups is 1. The monoisotopic (exact) mass is 248 g/mol. The minimum absolute atomic E-state index is 0.281. The minimum Gasteiger partial charge on any atom is -0.462 e. The second-order valence-corrected chi connectivity index (χ2v) is 4.49. The van der Waals surface area contributed by atoms with Crippen molar-refractivity contribution in [2.45, 2.75) is 13.8 Å². The van der Waals surface area contributed by atoms with Crippen LogP contribution in [0, 0.1) is 6.92 Å². The summed E-state index contributed by atoms with van der Waals surface area (Å²) in [6.07, 6.45) is 3.51. The van der Waals surface area contributed by atoms with E-state index in [0.29, 0.717) is 11.5 Å². The molecule has 0 fully saturated rings. The number of hydrogen-bond donors (Lipinski definition) is 0. The van der Waals surface area contributed by atoms with Gasteiger partial charge in [-0.3, -0.25) is 0 Å². The highest BCUT2D eigenvalue weighted by Gasteiger charge is 2.11. The lowest BCUT2D eigenvalue weighted by Crippen LogP contribution is -2.01. The van der Waals surface area contributed by atoms with Crippen LogP contribution < -0.4 is 0 Å². The SMILES string of the molecule is CCOC(=O)c1ccc(-c2cnc(C)nc2)s1. The van der Waals surface area contributed by atoms with E-state index in [-0.39, 0.29) is 5.97 Å². The van der Waals surface area contributed by atoms with Crippen LogP contribution >= 0.6 is 11.3 Å². The van der Waals surface area contributed by atoms with Gasteiger partial charge in [-0.2, -0.15) is 0 Å². The number of hydrogen-bond acceptors (Lipinski definition) is 5. The number of ether oxygens (including phenoxy) is 1. The van der Waals surface area contributed by atoms with Gasteiger partial charge in [0.15, 0.2) is 0 Å². The molecule has 2 rings (SSSR count). The van der Waals surface area contributed by atoms with Gasteiger partial charge in [-0.1, -0.05) is 0 Å². The molecule has 5 heteroatoms. The third-order valence-corrected chi connectivity index (χ3v) is 3.26. The first-order valence-corrected chi connectivity index (χ1v) is 6.08. The first kappa shape index (κ1) is 11.7. The average Bonchev–Trinajstić information content (AvgIpc) is 2.80. The highest BCUT2D eigenvalue weighted by Crippen LogP contribution is 2.27. The zero-order valence-electron chi connectivity index (χ0n) is 9.64. The van der Waals surface area contributed by atoms with E-state index >= 15 is 0 Å². The zero-order valence-corrected chi connectivity index (χ0v) is 10.5. The van der Waals surface area contributed by atoms with Crippen LogP contribution in [-0.2, 0) is 4.74 Å². The highest BCUT2D eigenvalue weighted by molar-refractivity contribution is 7.17. The van der Waals surface area contributed by atoms with Crippen molar-refractivity contribution in [2.24, 2.45) is 0 Å². The molecule has 88 valence electrons. The first-order valence-electron chi connectivity index (χ1n) is 5.26. The van der Waals surface area contributed by atoms with Crippen molar-refractivity contribution >= 4 is 17.3 Å². The Hall–Kier alpha value is -1.75. The Labute approximate surface area is 103 Å². The fourth-order valence-corrected chi connectivity index (χ4v) is 2.20. The van der Waals surface area contributed by atoms with E-state index < -0.39 is 0 Å². The van der Waals surface area contributed by atoms with E-state index in [4.69, 9.17) is 4.74 Å². The summed E-state index contributed by atoms with van der Waals surface area (Å²) in [6.45, 7) is 4.02. The maximum absolute atomic E-state index is 11.5. The molecule has 17 heavy (non-hydrogen) atoms. The molecule has 2 aromatic rings. The van der Waals surface area contributed by atoms with E-state index in [2.05, 4.69) is 9.97 Å². The zero-order chi connectivity index (χ0) is 12.3. The number of aromatic nitrogens is 2. The molecule has 0 amide bonds. The summed E-state index contributed by atoms with van der Waals surface area (Å²) in [7, 11) is 0. The lowest BCUT2D eigenvalue weighted by atomic mass is 10.3. The van der Waals surface area contributed by atoms with Crippen molar-refractivity contribution in [3.8, 4) is 10.4 Å². The van der Waals surface area contributed by atoms with Gasteiger partial charge in [-0.15, -0.1) is 11.3 Å². The molecule has 2 heterocycles. The van der Waals surface area contributed by atoms with E-state index in [9.17, 15) is 4.79 Å². The summed E-state index contributed by atoms with van der Waals surface area (Å²) >= 11 is 1.39. The Kier molecular flexibility index (Phi) is 3.49. The van der Waals surface area contributed by atoms with Crippen LogP contribution in [0.3, 0.4) is 0 Å². The molecule has 0 bridgehead atoms. The van der Waals surface area contributed by atoms with Crippen LogP contribution in [-0.4, -0.2) is 22.5 Å². The molecule has 0 aliphatic carbocycles. The molecule has 0 saturated carbocycles. The largest absolute Gasteiger partial charge is 0.462 e. The van der Waals surface area contributed by atoms with Crippen LogP contribution in [0.15, 0.2) is 24.5 Å². The maximum atomic E-state index is 11.5. The van der Waals surface area contributed by atoms with Gasteiger partial charge in [0.25, 0.3) is 0 Å². The number of nitrogens with zero attached hydrogens (tertiary/aromatic N) is 2. The van der Waals surface area contributed by atoms with Gasteiger partial charge >= 0.3 is 5.97 Å². The highest BCUT2D eigenvalue weighted by atomic mass is 32.1. The van der Waals surface area contributed by atoms with Crippen molar-refractivity contribution in [2.75, 3.05) is 6.61 Å². The summed E-state index contributed by atoms with van der Waals surface area (Å²) in [4.78, 5) is 21.3. The summed E-state index contributed by atoms with van der Waals surface area (Å²) < 4.78 is 4.94. The minimum atomic E-state index is -0.281. The second-order valence-electron chi connectivity index (χ2n) is 3.40. The van der Waals surface area contributed by atoms with E-state index in [1.807, 2.05) is 13.0 Å². The standard InChI is InChI=1S/C12H12N2O2S/c1-3-16-12(15)11-5-4-10(17-11)9-6-13-8(2)14-7-9/h4-7H,3H2,1-2H3. The van der Waals surface area contributed by atoms with Crippen LogP contribution in [0.2, 0.25) is 0 Å². The summed E-state index contributed by atoms with van der Waals surface area (Å²) in [5.41, 5.74) is 0.913. The summed E-state index contributed by atoms with van der Waals surface area (Å²) in [5.74, 6) is 0.452. The van der Waals surface area contributed by atoms with Gasteiger partial charge in [-0.05, 0) is 26.0 Å². The second kappa shape index (κ2) is 5.05. The van der Waals surface area contributed by atoms with Gasteiger partial charge in [0, 0.05) is 22.8 Å². The molecule has 2 aromatic heterocycles. The van der Waals surface area contributed by atoms with Gasteiger partial charge < -0.3 is 4.74 Å². The first-order chi connectivity index (χ1) is 8.20. The van der Waals surface area contributed by atoms with Crippen molar-refractivity contribution in [3.05, 3.63) is 35.2 Å². The Balaban J connectivity index is 2.23. The Morgan fingerprint density at radius 1 is 1.35 bits per heavy atom. The molecule has 0 N–H and O–H groups in total. The van der Waals surface area contributed by atoms with Crippen LogP contribution in [0.25, 0.3) is 10.4 Å². The van der Waals surface area contributed by atoms with Crippen LogP contribution in [0.1, 0.15) is 22.4 Å². The summed E-state index contributed by atoms with van der Waals surface area (Å²) in [6, 6.07) is 3.64. The third-order valence-electron chi connectivity index (χ3n) is 2.15. The van der Waals surface area contributed by atoms with Crippen molar-refractivity contribution in [1.29, 1.82) is 0 Å². The fraction of sp³-hybridized carbons (Fsp3) is 0.250. The molecule has 0 unspecified atom stereocenters. The predicted molar refractivity (Wildman–Crippen MR) is 66.0 cm³/mol. The van der Waals surface area contributed by atoms with Gasteiger partial charge in [0.05, 0.1) is 6.61 Å². The topological polar surface area (TPSA) is 52.1 Å². The van der Waals surface area contributed by atoms with Gasteiger partial charge in [0.1, 0.15) is 10.7 Å². The molecule has 0 radical (unpaired) electrons. The van der Waals surface area contributed by atoms with Crippen LogP contribution in [0.4, 0.5) is 0 Å². The molecule has 0 saturated heterocycles. The number of aryl methyl sites for hydroxylation is 1. The predicted octanol–water partition coefficient (Wildman–Crippen LogP) is 2.69. The average molecular weight is 248 g/mol. The molecule has 0 atom stereocenters. The van der Waals surface area contributed by atoms with E-state index in [1.54, 1.807) is 25.4 Å². The van der Waals surface area contributed by atoms with E-state index in [1.165, 1.54) is 11.3 Å². The fourth-order valence-electron chi connectivity index (χ4n) is 1.32. The Morgan fingerprint density at radius 3 is 2.71 bits per heavy atom. The number of carbonyl (C=O) groups excluding carboxylic acids is 1. The number of thiophene rings is 1. The smallest absolute Gasteiger partial charge is 0.348 e. The van der Waals surface area contributed by atoms with E-state index in [0.717, 1.165) is 16.3 Å². The Morgan fingerprint density at radius 2 is 2.06 bits per heavy atom. The molecule has 0 aromatic carbocycles. The third kappa shape index (κ3) is 2.68. The number of rotatable bonds is 3. The van der Waals surface area contributed by atoms with Crippen molar-refractivity contribution in [1.82, 2.24) is 9.97 Å². The van der Waals surface area contributed by atoms with Crippen LogP contribution in [0.5, 0.6) is 0 Å². The molecule has 0 aliphatic heterocycles. The molecular weight excluding hydrogens is 236 g/mol. The van der Waals surface area contributed by atoms with Gasteiger partial charge in [0.2, 0.25) is 0 Å². The normalized spacial score (nSPS) is 10.2. The lowest BCUT2D eigenvalue weighted by molar-refractivity contribution is 0.0532. The Bertz CT molecular complexity index is 520. The molecular formula is C12H12N2O2S. The molecule has 0 aliphatic rings. The van der Waals surface area contributed by atoms with Crippen molar-refractivity contribution in [3.63, 3.8) is 0 Å². The number of esters is 1. The summed E-state index contributed by atoms with van der Waals surface area (Å²) in [5, 5.41) is 0.